The van der Waals surface area contributed by atoms with Crippen LogP contribution in [0.3, 0.4) is 0 Å². The molecule has 1 aromatic carbocycles. The third kappa shape index (κ3) is 3.87. The van der Waals surface area contributed by atoms with Gasteiger partial charge in [-0.25, -0.2) is 9.07 Å². The average Bonchev–Trinajstić information content (AvgIpc) is 2.78. The van der Waals surface area contributed by atoms with Crippen molar-refractivity contribution in [2.45, 2.75) is 19.9 Å². The predicted molar refractivity (Wildman–Crippen MR) is 67.9 cm³/mol. The van der Waals surface area contributed by atoms with Crippen LogP contribution >= 0.6 is 0 Å². The van der Waals surface area contributed by atoms with Crippen LogP contribution in [0.25, 0.3) is 0 Å². The van der Waals surface area contributed by atoms with Gasteiger partial charge in [-0.15, -0.1) is 5.10 Å². The zero-order chi connectivity index (χ0) is 13.7. The normalized spacial score (nSPS) is 10.4. The van der Waals surface area contributed by atoms with Crippen molar-refractivity contribution in [1.82, 2.24) is 20.3 Å². The number of aryl methyl sites for hydroxylation is 1. The summed E-state index contributed by atoms with van der Waals surface area (Å²) in [5.41, 5.74) is 1.83. The second-order valence-corrected chi connectivity index (χ2v) is 4.26. The van der Waals surface area contributed by atoms with Gasteiger partial charge < -0.3 is 5.32 Å². The summed E-state index contributed by atoms with van der Waals surface area (Å²) in [6.07, 6.45) is 2.27. The smallest absolute Gasteiger partial charge is 0.241 e. The number of carbonyl (C=O) groups excluding carboxylic acids is 1. The van der Waals surface area contributed by atoms with Crippen LogP contribution in [0.1, 0.15) is 11.3 Å². The minimum absolute atomic E-state index is 0.115. The lowest BCUT2D eigenvalue weighted by molar-refractivity contribution is -0.121. The first-order valence-corrected chi connectivity index (χ1v) is 6.01. The highest BCUT2D eigenvalue weighted by molar-refractivity contribution is 5.75. The van der Waals surface area contributed by atoms with Crippen molar-refractivity contribution >= 4 is 5.91 Å². The molecule has 5 nitrogen and oxygen atoms in total. The highest BCUT2D eigenvalue weighted by Gasteiger charge is 2.05. The lowest BCUT2D eigenvalue weighted by atomic mass is 10.1. The molecule has 19 heavy (non-hydrogen) atoms. The van der Waals surface area contributed by atoms with Gasteiger partial charge in [0.15, 0.2) is 0 Å². The first-order chi connectivity index (χ1) is 9.15. The molecule has 2 rings (SSSR count). The van der Waals surface area contributed by atoms with Gasteiger partial charge in [0.25, 0.3) is 0 Å². The quantitative estimate of drug-likeness (QED) is 0.877. The fourth-order valence-corrected chi connectivity index (χ4v) is 1.65. The largest absolute Gasteiger partial charge is 0.354 e. The molecular formula is C13H15FN4O. The van der Waals surface area contributed by atoms with E-state index >= 15 is 0 Å². The molecule has 0 aliphatic heterocycles. The van der Waals surface area contributed by atoms with Crippen molar-refractivity contribution in [3.05, 3.63) is 47.5 Å². The third-order valence-corrected chi connectivity index (χ3v) is 2.75. The molecule has 1 amide bonds. The fraction of sp³-hybridized carbons (Fsp3) is 0.308. The van der Waals surface area contributed by atoms with Crippen molar-refractivity contribution in [2.75, 3.05) is 6.54 Å². The molecular weight excluding hydrogens is 247 g/mol. The van der Waals surface area contributed by atoms with E-state index in [0.717, 1.165) is 11.3 Å². The summed E-state index contributed by atoms with van der Waals surface area (Å²) in [5.74, 6) is -0.370. The first kappa shape index (κ1) is 13.2. The minimum Gasteiger partial charge on any atom is -0.354 e. The van der Waals surface area contributed by atoms with Gasteiger partial charge in [0.1, 0.15) is 12.4 Å². The Balaban J connectivity index is 1.75. The second kappa shape index (κ2) is 6.08. The number of aromatic nitrogens is 3. The molecule has 0 saturated carbocycles. The topological polar surface area (TPSA) is 59.8 Å². The number of carbonyl (C=O) groups is 1. The van der Waals surface area contributed by atoms with Crippen LogP contribution in [0.2, 0.25) is 0 Å². The van der Waals surface area contributed by atoms with Crippen molar-refractivity contribution in [3.8, 4) is 0 Å². The fourth-order valence-electron chi connectivity index (χ4n) is 1.65. The maximum Gasteiger partial charge on any atom is 0.241 e. The Labute approximate surface area is 110 Å². The summed E-state index contributed by atoms with van der Waals surface area (Å²) in [4.78, 5) is 11.6. The van der Waals surface area contributed by atoms with Crippen molar-refractivity contribution in [1.29, 1.82) is 0 Å². The number of nitrogens with zero attached hydrogens (tertiary/aromatic N) is 3. The molecule has 0 unspecified atom stereocenters. The summed E-state index contributed by atoms with van der Waals surface area (Å²) in [5, 5.41) is 10.3. The van der Waals surface area contributed by atoms with E-state index in [-0.39, 0.29) is 18.3 Å². The Hall–Kier alpha value is -2.24. The van der Waals surface area contributed by atoms with Gasteiger partial charge in [-0.05, 0) is 31.0 Å². The number of rotatable bonds is 5. The molecule has 0 bridgehead atoms. The van der Waals surface area contributed by atoms with Gasteiger partial charge >= 0.3 is 0 Å². The Morgan fingerprint density at radius 3 is 2.74 bits per heavy atom. The molecule has 1 heterocycles. The van der Waals surface area contributed by atoms with Crippen LogP contribution in [-0.2, 0) is 17.8 Å². The van der Waals surface area contributed by atoms with Crippen LogP contribution in [0.15, 0.2) is 30.5 Å². The van der Waals surface area contributed by atoms with E-state index in [0.29, 0.717) is 13.0 Å². The maximum absolute atomic E-state index is 12.7. The van der Waals surface area contributed by atoms with Crippen molar-refractivity contribution in [3.63, 3.8) is 0 Å². The lowest BCUT2D eigenvalue weighted by Gasteiger charge is -2.06. The van der Waals surface area contributed by atoms with Crippen LogP contribution in [0.4, 0.5) is 4.39 Å². The monoisotopic (exact) mass is 262 g/mol. The van der Waals surface area contributed by atoms with E-state index in [4.69, 9.17) is 0 Å². The van der Waals surface area contributed by atoms with E-state index in [1.807, 2.05) is 6.92 Å². The number of hydrogen-bond acceptors (Lipinski definition) is 3. The summed E-state index contributed by atoms with van der Waals surface area (Å²) >= 11 is 0. The molecule has 6 heteroatoms. The molecule has 0 spiro atoms. The molecule has 0 saturated heterocycles. The SMILES string of the molecule is Cc1cnnn1CC(=O)NCCc1ccc(F)cc1. The summed E-state index contributed by atoms with van der Waals surface area (Å²) in [6.45, 7) is 2.51. The molecule has 0 aliphatic rings. The van der Waals surface area contributed by atoms with E-state index in [1.165, 1.54) is 16.8 Å². The Bertz CT molecular complexity index is 550. The van der Waals surface area contributed by atoms with Gasteiger partial charge in [0.05, 0.1) is 11.9 Å². The highest BCUT2D eigenvalue weighted by atomic mass is 19.1. The van der Waals surface area contributed by atoms with Crippen molar-refractivity contribution in [2.24, 2.45) is 0 Å². The zero-order valence-corrected chi connectivity index (χ0v) is 10.6. The predicted octanol–water partition coefficient (Wildman–Crippen LogP) is 1.08. The Kier molecular flexibility index (Phi) is 4.22. The summed E-state index contributed by atoms with van der Waals surface area (Å²) in [6, 6.07) is 6.25. The van der Waals surface area contributed by atoms with Crippen LogP contribution < -0.4 is 5.32 Å². The van der Waals surface area contributed by atoms with E-state index in [2.05, 4.69) is 15.6 Å². The molecule has 1 aromatic heterocycles. The lowest BCUT2D eigenvalue weighted by Crippen LogP contribution is -2.30. The van der Waals surface area contributed by atoms with E-state index in [1.54, 1.807) is 18.3 Å². The maximum atomic E-state index is 12.7. The number of benzene rings is 1. The summed E-state index contributed by atoms with van der Waals surface area (Å²) in [7, 11) is 0. The Morgan fingerprint density at radius 2 is 2.11 bits per heavy atom. The minimum atomic E-state index is -0.255. The Morgan fingerprint density at radius 1 is 1.37 bits per heavy atom. The van der Waals surface area contributed by atoms with Gasteiger partial charge in [-0.2, -0.15) is 0 Å². The number of nitrogens with one attached hydrogen (secondary N) is 1. The van der Waals surface area contributed by atoms with Gasteiger partial charge in [0, 0.05) is 6.54 Å². The van der Waals surface area contributed by atoms with E-state index in [9.17, 15) is 9.18 Å². The highest BCUT2D eigenvalue weighted by Crippen LogP contribution is 2.02. The third-order valence-electron chi connectivity index (χ3n) is 2.75. The van der Waals surface area contributed by atoms with Crippen molar-refractivity contribution < 1.29 is 9.18 Å². The van der Waals surface area contributed by atoms with E-state index < -0.39 is 0 Å². The van der Waals surface area contributed by atoms with Crippen LogP contribution in [-0.4, -0.2) is 27.4 Å². The van der Waals surface area contributed by atoms with Crippen LogP contribution in [0, 0.1) is 12.7 Å². The first-order valence-electron chi connectivity index (χ1n) is 6.01. The van der Waals surface area contributed by atoms with Gasteiger partial charge in [-0.3, -0.25) is 4.79 Å². The number of amides is 1. The second-order valence-electron chi connectivity index (χ2n) is 4.26. The van der Waals surface area contributed by atoms with Crippen LogP contribution in [0.5, 0.6) is 0 Å². The molecule has 0 fully saturated rings. The molecule has 0 radical (unpaired) electrons. The molecule has 0 aliphatic carbocycles. The summed E-state index contributed by atoms with van der Waals surface area (Å²) < 4.78 is 14.2. The molecule has 1 N–H and O–H groups in total. The number of hydrogen-bond donors (Lipinski definition) is 1. The van der Waals surface area contributed by atoms with Gasteiger partial charge in [0.2, 0.25) is 5.91 Å². The molecule has 100 valence electrons. The zero-order valence-electron chi connectivity index (χ0n) is 10.6. The average molecular weight is 262 g/mol. The number of halogens is 1. The van der Waals surface area contributed by atoms with Gasteiger partial charge in [-0.1, -0.05) is 17.3 Å². The molecule has 2 aromatic rings. The molecule has 0 atom stereocenters. The standard InChI is InChI=1S/C13H15FN4O/c1-10-8-16-17-18(10)9-13(19)15-7-6-11-2-4-12(14)5-3-11/h2-5,8H,6-7,9H2,1H3,(H,15,19).